The van der Waals surface area contributed by atoms with Crippen LogP contribution in [0.15, 0.2) is 51.7 Å². The van der Waals surface area contributed by atoms with E-state index in [2.05, 4.69) is 0 Å². The van der Waals surface area contributed by atoms with E-state index < -0.39 is 5.63 Å². The number of carbonyl (C=O) groups is 1. The van der Waals surface area contributed by atoms with Crippen LogP contribution >= 0.6 is 11.3 Å². The lowest BCUT2D eigenvalue weighted by Crippen LogP contribution is -2.14. The van der Waals surface area contributed by atoms with Gasteiger partial charge in [0.05, 0.1) is 0 Å². The van der Waals surface area contributed by atoms with Crippen LogP contribution in [0, 0.1) is 13.8 Å². The molecule has 0 aliphatic carbocycles. The van der Waals surface area contributed by atoms with Crippen molar-refractivity contribution in [3.63, 3.8) is 0 Å². The fourth-order valence-corrected chi connectivity index (χ4v) is 3.15. The van der Waals surface area contributed by atoms with Gasteiger partial charge in [0.2, 0.25) is 0 Å². The van der Waals surface area contributed by atoms with Crippen LogP contribution in [0.5, 0.6) is 0 Å². The molecule has 0 radical (unpaired) electrons. The van der Waals surface area contributed by atoms with Crippen molar-refractivity contribution < 1.29 is 9.21 Å². The van der Waals surface area contributed by atoms with Gasteiger partial charge in [0.15, 0.2) is 5.78 Å². The second kappa shape index (κ2) is 5.73. The number of carbonyl (C=O) groups excluding carboxylic acids is 1. The van der Waals surface area contributed by atoms with Crippen LogP contribution in [-0.2, 0) is 0 Å². The van der Waals surface area contributed by atoms with Crippen molar-refractivity contribution in [3.8, 4) is 0 Å². The van der Waals surface area contributed by atoms with Crippen molar-refractivity contribution in [1.82, 2.24) is 0 Å². The molecule has 0 atom stereocenters. The van der Waals surface area contributed by atoms with Gasteiger partial charge in [-0.1, -0.05) is 18.2 Å². The van der Waals surface area contributed by atoms with Gasteiger partial charge in [-0.05, 0) is 49.8 Å². The molecule has 0 saturated carbocycles. The summed E-state index contributed by atoms with van der Waals surface area (Å²) in [5, 5.41) is 0.783. The Morgan fingerprint density at radius 1 is 1.14 bits per heavy atom. The minimum absolute atomic E-state index is 0.100. The van der Waals surface area contributed by atoms with E-state index in [-0.39, 0.29) is 11.3 Å². The van der Waals surface area contributed by atoms with Gasteiger partial charge in [0.25, 0.3) is 0 Å². The molecule has 0 aliphatic heterocycles. The Hall–Kier alpha value is -2.46. The second-order valence-corrected chi connectivity index (χ2v) is 6.35. The zero-order valence-electron chi connectivity index (χ0n) is 12.3. The molecule has 1 aromatic carbocycles. The Morgan fingerprint density at radius 2 is 1.91 bits per heavy atom. The van der Waals surface area contributed by atoms with Crippen molar-refractivity contribution in [2.75, 3.05) is 0 Å². The maximum absolute atomic E-state index is 12.4. The number of hydrogen-bond acceptors (Lipinski definition) is 4. The highest BCUT2D eigenvalue weighted by atomic mass is 32.1. The van der Waals surface area contributed by atoms with Crippen molar-refractivity contribution in [3.05, 3.63) is 73.8 Å². The lowest BCUT2D eigenvalue weighted by molar-refractivity contribution is 0.104. The van der Waals surface area contributed by atoms with Gasteiger partial charge < -0.3 is 4.42 Å². The van der Waals surface area contributed by atoms with Gasteiger partial charge in [-0.25, -0.2) is 4.79 Å². The first-order valence-electron chi connectivity index (χ1n) is 6.87. The molecule has 0 aliphatic rings. The molecule has 0 bridgehead atoms. The minimum Gasteiger partial charge on any atom is -0.422 e. The van der Waals surface area contributed by atoms with Gasteiger partial charge in [-0.15, -0.1) is 11.3 Å². The fourth-order valence-electron chi connectivity index (χ4n) is 2.37. The maximum Gasteiger partial charge on any atom is 0.347 e. The summed E-state index contributed by atoms with van der Waals surface area (Å²) in [6.07, 6.45) is 3.16. The molecule has 3 aromatic rings. The Morgan fingerprint density at radius 3 is 2.64 bits per heavy atom. The molecule has 0 spiro atoms. The van der Waals surface area contributed by atoms with Gasteiger partial charge in [-0.2, -0.15) is 0 Å². The Balaban J connectivity index is 2.04. The van der Waals surface area contributed by atoms with E-state index in [0.29, 0.717) is 11.1 Å². The Kier molecular flexibility index (Phi) is 3.77. The third kappa shape index (κ3) is 2.65. The molecule has 0 unspecified atom stereocenters. The molecular weight excluding hydrogens is 296 g/mol. The molecule has 0 saturated heterocycles. The topological polar surface area (TPSA) is 47.3 Å². The third-order valence-electron chi connectivity index (χ3n) is 3.48. The number of rotatable bonds is 3. The second-order valence-electron chi connectivity index (χ2n) is 5.03. The highest BCUT2D eigenvalue weighted by Crippen LogP contribution is 2.20. The van der Waals surface area contributed by atoms with Gasteiger partial charge >= 0.3 is 5.63 Å². The smallest absolute Gasteiger partial charge is 0.347 e. The Labute approximate surface area is 131 Å². The molecular formula is C18H14O3S. The van der Waals surface area contributed by atoms with E-state index in [9.17, 15) is 9.59 Å². The fraction of sp³-hybridized carbons (Fsp3) is 0.111. The van der Waals surface area contributed by atoms with Crippen LogP contribution in [-0.4, -0.2) is 5.78 Å². The SMILES string of the molecule is Cc1ccc(/C=C/C(=O)c2c(C)c3ccccc3oc2=O)s1. The van der Waals surface area contributed by atoms with Crippen LogP contribution in [0.25, 0.3) is 17.0 Å². The molecule has 4 heteroatoms. The number of allylic oxidation sites excluding steroid dienone is 1. The van der Waals surface area contributed by atoms with E-state index in [1.54, 1.807) is 36.5 Å². The van der Waals surface area contributed by atoms with E-state index >= 15 is 0 Å². The van der Waals surface area contributed by atoms with E-state index in [1.807, 2.05) is 31.2 Å². The first-order valence-corrected chi connectivity index (χ1v) is 7.69. The van der Waals surface area contributed by atoms with E-state index in [1.165, 1.54) is 11.0 Å². The number of benzene rings is 1. The summed E-state index contributed by atoms with van der Waals surface area (Å²) in [6.45, 7) is 3.78. The molecule has 0 N–H and O–H groups in total. The first-order chi connectivity index (χ1) is 10.6. The van der Waals surface area contributed by atoms with Crippen LogP contribution in [0.4, 0.5) is 0 Å². The predicted octanol–water partition coefficient (Wildman–Crippen LogP) is 4.37. The number of para-hydroxylation sites is 1. The van der Waals surface area contributed by atoms with Crippen LogP contribution in [0.1, 0.15) is 25.7 Å². The molecule has 22 heavy (non-hydrogen) atoms. The zero-order valence-corrected chi connectivity index (χ0v) is 13.1. The quantitative estimate of drug-likeness (QED) is 0.410. The van der Waals surface area contributed by atoms with Crippen molar-refractivity contribution >= 4 is 34.2 Å². The van der Waals surface area contributed by atoms with E-state index in [4.69, 9.17) is 4.42 Å². The third-order valence-corrected chi connectivity index (χ3v) is 4.45. The molecule has 2 aromatic heterocycles. The molecule has 3 nitrogen and oxygen atoms in total. The van der Waals surface area contributed by atoms with Crippen molar-refractivity contribution in [2.24, 2.45) is 0 Å². The summed E-state index contributed by atoms with van der Waals surface area (Å²) in [5.74, 6) is -0.331. The summed E-state index contributed by atoms with van der Waals surface area (Å²) in [6, 6.07) is 11.2. The predicted molar refractivity (Wildman–Crippen MR) is 89.6 cm³/mol. The molecule has 0 amide bonds. The molecule has 3 rings (SSSR count). The molecule has 2 heterocycles. The number of ketones is 1. The molecule has 110 valence electrons. The van der Waals surface area contributed by atoms with Crippen molar-refractivity contribution in [2.45, 2.75) is 13.8 Å². The van der Waals surface area contributed by atoms with Crippen LogP contribution in [0.2, 0.25) is 0 Å². The number of thiophene rings is 1. The highest BCUT2D eigenvalue weighted by Gasteiger charge is 2.16. The maximum atomic E-state index is 12.4. The normalized spacial score (nSPS) is 11.4. The summed E-state index contributed by atoms with van der Waals surface area (Å²) in [5.41, 5.74) is 0.666. The van der Waals surface area contributed by atoms with Gasteiger partial charge in [0, 0.05) is 15.1 Å². The van der Waals surface area contributed by atoms with Crippen LogP contribution < -0.4 is 5.63 Å². The number of aryl methyl sites for hydroxylation is 2. The Bertz CT molecular complexity index is 944. The largest absolute Gasteiger partial charge is 0.422 e. The number of fused-ring (bicyclic) bond motifs is 1. The van der Waals surface area contributed by atoms with Gasteiger partial charge in [0.1, 0.15) is 11.1 Å². The minimum atomic E-state index is -0.590. The monoisotopic (exact) mass is 310 g/mol. The summed E-state index contributed by atoms with van der Waals surface area (Å²) >= 11 is 1.60. The lowest BCUT2D eigenvalue weighted by Gasteiger charge is -2.04. The first kappa shape index (κ1) is 14.5. The lowest BCUT2D eigenvalue weighted by atomic mass is 10.0. The van der Waals surface area contributed by atoms with E-state index in [0.717, 1.165) is 10.3 Å². The number of hydrogen-bond donors (Lipinski definition) is 0. The average molecular weight is 310 g/mol. The van der Waals surface area contributed by atoms with Crippen molar-refractivity contribution in [1.29, 1.82) is 0 Å². The average Bonchev–Trinajstić information content (AvgIpc) is 2.91. The standard InChI is InChI=1S/C18H14O3S/c1-11-7-8-13(22-11)9-10-15(19)17-12(2)14-5-3-4-6-16(14)21-18(17)20/h3-10H,1-2H3/b10-9+. The molecule has 0 fully saturated rings. The summed E-state index contributed by atoms with van der Waals surface area (Å²) in [4.78, 5) is 26.6. The highest BCUT2D eigenvalue weighted by molar-refractivity contribution is 7.12. The van der Waals surface area contributed by atoms with Crippen LogP contribution in [0.3, 0.4) is 0 Å². The zero-order chi connectivity index (χ0) is 15.7. The van der Waals surface area contributed by atoms with Gasteiger partial charge in [-0.3, -0.25) is 4.79 Å². The summed E-state index contributed by atoms with van der Waals surface area (Å²) in [7, 11) is 0. The summed E-state index contributed by atoms with van der Waals surface area (Å²) < 4.78 is 5.24.